The maximum atomic E-state index is 13.5. The fraction of sp³-hybridized carbons (Fsp3) is 0.192. The zero-order valence-electron chi connectivity index (χ0n) is 18.5. The lowest BCUT2D eigenvalue weighted by Crippen LogP contribution is -2.22. The van der Waals surface area contributed by atoms with Crippen molar-refractivity contribution < 1.29 is 14.7 Å². The van der Waals surface area contributed by atoms with Gasteiger partial charge in [-0.3, -0.25) is 4.90 Å². The molecule has 0 fully saturated rings. The Morgan fingerprint density at radius 1 is 1.00 bits per heavy atom. The van der Waals surface area contributed by atoms with Crippen molar-refractivity contribution in [2.75, 3.05) is 13.1 Å². The molecule has 7 heteroatoms. The van der Waals surface area contributed by atoms with Crippen LogP contribution in [0.4, 0.5) is 10.1 Å². The topological polar surface area (TPSA) is 61.0 Å². The van der Waals surface area contributed by atoms with Gasteiger partial charge in [0.15, 0.2) is 0 Å². The average Bonchev–Trinajstić information content (AvgIpc) is 2.81. The highest BCUT2D eigenvalue weighted by molar-refractivity contribution is 6.31. The number of hydrogen-bond donors (Lipinski definition) is 2. The second-order valence-electron chi connectivity index (χ2n) is 7.79. The number of rotatable bonds is 6. The van der Waals surface area contributed by atoms with Crippen molar-refractivity contribution in [2.45, 2.75) is 20.4 Å². The summed E-state index contributed by atoms with van der Waals surface area (Å²) in [6.07, 6.45) is 1.51. The molecule has 0 radical (unpaired) electrons. The molecular formula is C26H25ClFN3O2. The van der Waals surface area contributed by atoms with E-state index in [-0.39, 0.29) is 11.6 Å². The first-order valence-electron chi connectivity index (χ1n) is 10.8. The quantitative estimate of drug-likeness (QED) is 0.337. The van der Waals surface area contributed by atoms with Crippen LogP contribution in [0.15, 0.2) is 71.9 Å². The summed E-state index contributed by atoms with van der Waals surface area (Å²) in [5.41, 5.74) is 3.19. The monoisotopic (exact) mass is 465 g/mol. The van der Waals surface area contributed by atoms with E-state index in [2.05, 4.69) is 18.7 Å². The van der Waals surface area contributed by atoms with Crippen molar-refractivity contribution in [1.82, 2.24) is 9.63 Å². The molecule has 0 saturated heterocycles. The summed E-state index contributed by atoms with van der Waals surface area (Å²) in [5.74, 6) is -0.181. The van der Waals surface area contributed by atoms with E-state index in [9.17, 15) is 14.7 Å². The van der Waals surface area contributed by atoms with Gasteiger partial charge in [-0.05, 0) is 67.2 Å². The number of fused-ring (bicyclic) bond motifs is 1. The van der Waals surface area contributed by atoms with Gasteiger partial charge in [-0.1, -0.05) is 37.6 Å². The molecule has 0 aliphatic carbocycles. The highest BCUT2D eigenvalue weighted by atomic mass is 35.5. The van der Waals surface area contributed by atoms with Crippen LogP contribution >= 0.6 is 11.6 Å². The molecule has 33 heavy (non-hydrogen) atoms. The normalized spacial score (nSPS) is 12.1. The summed E-state index contributed by atoms with van der Waals surface area (Å²) in [7, 11) is 0. The Bertz CT molecular complexity index is 1360. The molecule has 1 aromatic heterocycles. The molecule has 4 rings (SSSR count). The summed E-state index contributed by atoms with van der Waals surface area (Å²) in [6.45, 7) is 6.37. The van der Waals surface area contributed by atoms with Crippen LogP contribution in [0.5, 0.6) is 5.75 Å². The van der Waals surface area contributed by atoms with Gasteiger partial charge in [-0.2, -0.15) is 4.73 Å². The van der Waals surface area contributed by atoms with Crippen LogP contribution in [0.1, 0.15) is 19.4 Å². The molecule has 5 nitrogen and oxygen atoms in total. The Labute approximate surface area is 196 Å². The molecule has 2 N–H and O–H groups in total. The lowest BCUT2D eigenvalue weighted by molar-refractivity contribution is 0.198. The molecule has 0 atom stereocenters. The highest BCUT2D eigenvalue weighted by Gasteiger charge is 2.14. The molecule has 0 spiro atoms. The molecule has 0 aliphatic rings. The van der Waals surface area contributed by atoms with Gasteiger partial charge in [-0.25, -0.2) is 9.38 Å². The lowest BCUT2D eigenvalue weighted by atomic mass is 9.99. The third-order valence-corrected chi connectivity index (χ3v) is 5.96. The second kappa shape index (κ2) is 9.65. The number of aromatic hydroxyl groups is 1. The van der Waals surface area contributed by atoms with E-state index in [0.717, 1.165) is 28.8 Å². The number of halogens is 2. The molecule has 1 heterocycles. The van der Waals surface area contributed by atoms with Gasteiger partial charge in [0.2, 0.25) is 0 Å². The summed E-state index contributed by atoms with van der Waals surface area (Å²) in [6, 6.07) is 16.6. The minimum atomic E-state index is -0.339. The van der Waals surface area contributed by atoms with E-state index in [1.807, 2.05) is 6.07 Å². The van der Waals surface area contributed by atoms with E-state index in [1.54, 1.807) is 42.5 Å². The first-order chi connectivity index (χ1) is 15.9. The number of hydrogen-bond acceptors (Lipinski definition) is 4. The highest BCUT2D eigenvalue weighted by Crippen LogP contribution is 2.37. The van der Waals surface area contributed by atoms with Crippen molar-refractivity contribution in [2.24, 2.45) is 4.99 Å². The minimum Gasteiger partial charge on any atom is -0.507 e. The van der Waals surface area contributed by atoms with E-state index in [1.165, 1.54) is 18.3 Å². The van der Waals surface area contributed by atoms with Crippen LogP contribution < -0.4 is 5.36 Å². The third kappa shape index (κ3) is 4.87. The zero-order valence-corrected chi connectivity index (χ0v) is 19.2. The Morgan fingerprint density at radius 2 is 1.73 bits per heavy atom. The minimum absolute atomic E-state index is 0.158. The van der Waals surface area contributed by atoms with Gasteiger partial charge in [0.1, 0.15) is 11.6 Å². The van der Waals surface area contributed by atoms with E-state index < -0.39 is 0 Å². The first-order valence-corrected chi connectivity index (χ1v) is 11.2. The van der Waals surface area contributed by atoms with Gasteiger partial charge in [0.05, 0.1) is 16.6 Å². The van der Waals surface area contributed by atoms with Crippen molar-refractivity contribution in [3.63, 3.8) is 0 Å². The average molecular weight is 466 g/mol. The number of phenolic OH excluding ortho intramolecular Hbond substituents is 1. The van der Waals surface area contributed by atoms with Crippen molar-refractivity contribution in [3.8, 4) is 16.9 Å². The van der Waals surface area contributed by atoms with Crippen molar-refractivity contribution >= 4 is 28.2 Å². The molecular weight excluding hydrogens is 441 g/mol. The maximum Gasteiger partial charge on any atom is 0.128 e. The van der Waals surface area contributed by atoms with Crippen molar-refractivity contribution in [1.29, 1.82) is 0 Å². The summed E-state index contributed by atoms with van der Waals surface area (Å²) in [5, 5.41) is 23.1. The summed E-state index contributed by atoms with van der Waals surface area (Å²) >= 11 is 6.10. The lowest BCUT2D eigenvalue weighted by Gasteiger charge is -2.20. The smallest absolute Gasteiger partial charge is 0.128 e. The molecule has 170 valence electrons. The maximum absolute atomic E-state index is 13.5. The zero-order chi connectivity index (χ0) is 23.5. The molecule has 0 aliphatic heterocycles. The number of phenols is 1. The number of pyridine rings is 1. The van der Waals surface area contributed by atoms with Crippen LogP contribution in [0.3, 0.4) is 0 Å². The predicted octanol–water partition coefficient (Wildman–Crippen LogP) is 6.12. The fourth-order valence-corrected chi connectivity index (χ4v) is 4.03. The molecule has 0 bridgehead atoms. The molecule has 0 unspecified atom stereocenters. The predicted molar refractivity (Wildman–Crippen MR) is 129 cm³/mol. The molecule has 0 saturated carbocycles. The molecule has 0 amide bonds. The Balaban J connectivity index is 1.93. The summed E-state index contributed by atoms with van der Waals surface area (Å²) < 4.78 is 14.5. The van der Waals surface area contributed by atoms with Crippen molar-refractivity contribution in [3.05, 3.63) is 88.6 Å². The van der Waals surface area contributed by atoms with Crippen LogP contribution in [-0.4, -0.2) is 33.0 Å². The van der Waals surface area contributed by atoms with Crippen LogP contribution in [-0.2, 0) is 6.54 Å². The third-order valence-electron chi connectivity index (χ3n) is 5.72. The Hall–Kier alpha value is -3.35. The Kier molecular flexibility index (Phi) is 6.67. The van der Waals surface area contributed by atoms with Gasteiger partial charge >= 0.3 is 0 Å². The molecule has 4 aromatic rings. The van der Waals surface area contributed by atoms with Gasteiger partial charge in [0.25, 0.3) is 0 Å². The number of benzene rings is 3. The van der Waals surface area contributed by atoms with Crippen LogP contribution in [0, 0.1) is 5.82 Å². The van der Waals surface area contributed by atoms with E-state index in [4.69, 9.17) is 16.6 Å². The Morgan fingerprint density at radius 3 is 2.42 bits per heavy atom. The van der Waals surface area contributed by atoms with Crippen LogP contribution in [0.25, 0.3) is 22.0 Å². The SMILES string of the molecule is CCN(CC)Cc1cc(N=c2ccn(O)c3cc(Cl)ccc23)cc(-c2ccc(F)cc2)c1O. The number of nitrogens with zero attached hydrogens (tertiary/aromatic N) is 3. The van der Waals surface area contributed by atoms with Crippen LogP contribution in [0.2, 0.25) is 5.02 Å². The van der Waals surface area contributed by atoms with Gasteiger partial charge < -0.3 is 10.3 Å². The van der Waals surface area contributed by atoms with E-state index in [0.29, 0.717) is 39.3 Å². The fourth-order valence-electron chi connectivity index (χ4n) is 3.86. The second-order valence-corrected chi connectivity index (χ2v) is 8.22. The largest absolute Gasteiger partial charge is 0.507 e. The van der Waals surface area contributed by atoms with E-state index >= 15 is 0 Å². The number of aromatic nitrogens is 1. The van der Waals surface area contributed by atoms with Gasteiger partial charge in [0, 0.05) is 34.3 Å². The first kappa shape index (κ1) is 22.8. The molecule has 3 aromatic carbocycles. The van der Waals surface area contributed by atoms with Gasteiger partial charge in [-0.15, -0.1) is 0 Å². The standard InChI is InChI=1S/C26H25ClFN3O2/c1-3-30(4-2)16-18-13-21(15-23(26(18)32)17-5-8-20(28)9-6-17)29-24-11-12-31(33)25-14-19(27)7-10-22(24)25/h5-15,32-33H,3-4,16H2,1-2H3. The summed E-state index contributed by atoms with van der Waals surface area (Å²) in [4.78, 5) is 7.03.